The summed E-state index contributed by atoms with van der Waals surface area (Å²) in [4.78, 5) is 33.3. The van der Waals surface area contributed by atoms with E-state index < -0.39 is 17.5 Å². The van der Waals surface area contributed by atoms with Crippen molar-refractivity contribution < 1.29 is 24.2 Å². The molecule has 1 unspecified atom stereocenters. The van der Waals surface area contributed by atoms with Crippen LogP contribution in [0.4, 0.5) is 0 Å². The van der Waals surface area contributed by atoms with Crippen LogP contribution in [0.5, 0.6) is 0 Å². The minimum absolute atomic E-state index is 0.0622. The normalized spacial score (nSPS) is 12.7. The van der Waals surface area contributed by atoms with Gasteiger partial charge in [-0.1, -0.05) is 6.92 Å². The molecule has 0 fully saturated rings. The molecule has 0 spiro atoms. The quantitative estimate of drug-likeness (QED) is 0.667. The lowest BCUT2D eigenvalue weighted by Crippen LogP contribution is -2.50. The number of carbonyl (C=O) groups excluding carboxylic acids is 2. The number of hydrogen-bond acceptors (Lipinski definition) is 4. The molecule has 6 heteroatoms. The molecule has 1 atom stereocenters. The Hall–Kier alpha value is -1.59. The molecule has 0 rings (SSSR count). The van der Waals surface area contributed by atoms with Crippen LogP contribution in [0.3, 0.4) is 0 Å². The zero-order chi connectivity index (χ0) is 13.6. The summed E-state index contributed by atoms with van der Waals surface area (Å²) >= 11 is 0. The number of carbonyl (C=O) groups is 3. The molecule has 1 amide bonds. The van der Waals surface area contributed by atoms with Crippen molar-refractivity contribution in [2.24, 2.45) is 5.92 Å². The lowest BCUT2D eigenvalue weighted by molar-refractivity contribution is -0.149. The van der Waals surface area contributed by atoms with Crippen LogP contribution in [0.25, 0.3) is 0 Å². The predicted molar refractivity (Wildman–Crippen MR) is 60.3 cm³/mol. The molecule has 0 aromatic rings. The van der Waals surface area contributed by atoms with Gasteiger partial charge in [-0.3, -0.25) is 9.59 Å². The van der Waals surface area contributed by atoms with E-state index in [0.717, 1.165) is 0 Å². The SMILES string of the molecule is COC(=O)C(C)(C)NC(=O)CC(C)CC(=O)O. The first-order valence-corrected chi connectivity index (χ1v) is 5.30. The van der Waals surface area contributed by atoms with Crippen molar-refractivity contribution in [1.82, 2.24) is 5.32 Å². The largest absolute Gasteiger partial charge is 0.481 e. The predicted octanol–water partition coefficient (Wildman–Crippen LogP) is 0.555. The molecule has 0 saturated heterocycles. The number of amides is 1. The average molecular weight is 245 g/mol. The third-order valence-corrected chi connectivity index (χ3v) is 2.20. The van der Waals surface area contributed by atoms with Crippen molar-refractivity contribution in [2.45, 2.75) is 39.2 Å². The molecule has 0 aliphatic heterocycles. The third-order valence-electron chi connectivity index (χ3n) is 2.20. The molecule has 17 heavy (non-hydrogen) atoms. The van der Waals surface area contributed by atoms with E-state index in [1.165, 1.54) is 21.0 Å². The zero-order valence-electron chi connectivity index (χ0n) is 10.6. The molecular formula is C11H19NO5. The third kappa shape index (κ3) is 5.89. The minimum Gasteiger partial charge on any atom is -0.481 e. The summed E-state index contributed by atoms with van der Waals surface area (Å²) in [7, 11) is 1.24. The van der Waals surface area contributed by atoms with Crippen LogP contribution in [0.1, 0.15) is 33.6 Å². The fourth-order valence-corrected chi connectivity index (χ4v) is 1.39. The first-order valence-electron chi connectivity index (χ1n) is 5.30. The highest BCUT2D eigenvalue weighted by atomic mass is 16.5. The molecule has 0 bridgehead atoms. The number of nitrogens with one attached hydrogen (secondary N) is 1. The monoisotopic (exact) mass is 245 g/mol. The van der Waals surface area contributed by atoms with Crippen molar-refractivity contribution in [3.8, 4) is 0 Å². The number of ether oxygens (including phenoxy) is 1. The summed E-state index contributed by atoms with van der Waals surface area (Å²) in [6, 6.07) is 0. The smallest absolute Gasteiger partial charge is 0.330 e. The number of aliphatic carboxylic acids is 1. The van der Waals surface area contributed by atoms with Gasteiger partial charge in [-0.05, 0) is 19.8 Å². The van der Waals surface area contributed by atoms with Gasteiger partial charge in [-0.2, -0.15) is 0 Å². The first-order chi connectivity index (χ1) is 7.69. The molecule has 6 nitrogen and oxygen atoms in total. The van der Waals surface area contributed by atoms with Crippen molar-refractivity contribution >= 4 is 17.8 Å². The average Bonchev–Trinajstić information content (AvgIpc) is 2.13. The summed E-state index contributed by atoms with van der Waals surface area (Å²) in [5, 5.41) is 11.1. The minimum atomic E-state index is -1.10. The molecule has 0 aromatic carbocycles. The van der Waals surface area contributed by atoms with E-state index in [0.29, 0.717) is 0 Å². The van der Waals surface area contributed by atoms with E-state index in [9.17, 15) is 14.4 Å². The maximum Gasteiger partial charge on any atom is 0.330 e. The summed E-state index contributed by atoms with van der Waals surface area (Å²) < 4.78 is 4.54. The zero-order valence-corrected chi connectivity index (χ0v) is 10.6. The highest BCUT2D eigenvalue weighted by molar-refractivity contribution is 5.87. The highest BCUT2D eigenvalue weighted by Crippen LogP contribution is 2.10. The Balaban J connectivity index is 4.26. The number of esters is 1. The molecule has 0 radical (unpaired) electrons. The Morgan fingerprint density at radius 2 is 1.82 bits per heavy atom. The Morgan fingerprint density at radius 3 is 2.24 bits per heavy atom. The Kier molecular flexibility index (Phi) is 5.64. The number of carboxylic acid groups (broad SMARTS) is 1. The fraction of sp³-hybridized carbons (Fsp3) is 0.727. The van der Waals surface area contributed by atoms with Crippen molar-refractivity contribution in [2.75, 3.05) is 7.11 Å². The maximum absolute atomic E-state index is 11.6. The molecule has 0 heterocycles. The number of hydrogen-bond donors (Lipinski definition) is 2. The van der Waals surface area contributed by atoms with E-state index in [4.69, 9.17) is 5.11 Å². The molecule has 98 valence electrons. The molecular weight excluding hydrogens is 226 g/mol. The van der Waals surface area contributed by atoms with E-state index in [2.05, 4.69) is 10.1 Å². The standard InChI is InChI=1S/C11H19NO5/c1-7(6-9(14)15)5-8(13)12-11(2,3)10(16)17-4/h7H,5-6H2,1-4H3,(H,12,13)(H,14,15). The first kappa shape index (κ1) is 15.4. The van der Waals surface area contributed by atoms with Crippen molar-refractivity contribution in [3.05, 3.63) is 0 Å². The molecule has 0 saturated carbocycles. The molecule has 0 aromatic heterocycles. The van der Waals surface area contributed by atoms with Crippen LogP contribution in [-0.2, 0) is 19.1 Å². The number of methoxy groups -OCH3 is 1. The van der Waals surface area contributed by atoms with Gasteiger partial charge in [0.05, 0.1) is 7.11 Å². The van der Waals surface area contributed by atoms with Gasteiger partial charge >= 0.3 is 11.9 Å². The molecule has 0 aliphatic rings. The second-order valence-corrected chi connectivity index (χ2v) is 4.57. The second kappa shape index (κ2) is 6.22. The lowest BCUT2D eigenvalue weighted by atomic mass is 10.0. The van der Waals surface area contributed by atoms with E-state index >= 15 is 0 Å². The van der Waals surface area contributed by atoms with Gasteiger partial charge in [0.1, 0.15) is 5.54 Å². The summed E-state index contributed by atoms with van der Waals surface area (Å²) in [5.74, 6) is -2.13. The van der Waals surface area contributed by atoms with Crippen LogP contribution in [0.2, 0.25) is 0 Å². The highest BCUT2D eigenvalue weighted by Gasteiger charge is 2.30. The fourth-order valence-electron chi connectivity index (χ4n) is 1.39. The van der Waals surface area contributed by atoms with Gasteiger partial charge in [0.25, 0.3) is 0 Å². The second-order valence-electron chi connectivity index (χ2n) is 4.57. The van der Waals surface area contributed by atoms with Gasteiger partial charge in [0.15, 0.2) is 0 Å². The van der Waals surface area contributed by atoms with Crippen molar-refractivity contribution in [3.63, 3.8) is 0 Å². The summed E-state index contributed by atoms with van der Waals surface area (Å²) in [5.41, 5.74) is -1.10. The Labute approximate surface area is 100 Å². The van der Waals surface area contributed by atoms with Gasteiger partial charge < -0.3 is 15.2 Å². The van der Waals surface area contributed by atoms with Crippen molar-refractivity contribution in [1.29, 1.82) is 0 Å². The lowest BCUT2D eigenvalue weighted by Gasteiger charge is -2.23. The summed E-state index contributed by atoms with van der Waals surface area (Å²) in [6.07, 6.45) is -0.0151. The van der Waals surface area contributed by atoms with Crippen LogP contribution in [-0.4, -0.2) is 35.6 Å². The van der Waals surface area contributed by atoms with Crippen LogP contribution >= 0.6 is 0 Å². The van der Waals surface area contributed by atoms with Crippen LogP contribution in [0, 0.1) is 5.92 Å². The van der Waals surface area contributed by atoms with E-state index in [1.54, 1.807) is 6.92 Å². The van der Waals surface area contributed by atoms with Crippen LogP contribution in [0.15, 0.2) is 0 Å². The maximum atomic E-state index is 11.6. The number of rotatable bonds is 6. The van der Waals surface area contributed by atoms with E-state index in [-0.39, 0.29) is 24.7 Å². The topological polar surface area (TPSA) is 92.7 Å². The molecule has 0 aliphatic carbocycles. The number of carboxylic acids is 1. The van der Waals surface area contributed by atoms with E-state index in [1.807, 2.05) is 0 Å². The Bertz CT molecular complexity index is 311. The van der Waals surface area contributed by atoms with Gasteiger partial charge in [0, 0.05) is 12.8 Å². The Morgan fingerprint density at radius 1 is 1.29 bits per heavy atom. The summed E-state index contributed by atoms with van der Waals surface area (Å²) in [6.45, 7) is 4.72. The van der Waals surface area contributed by atoms with Crippen LogP contribution < -0.4 is 5.32 Å². The molecule has 2 N–H and O–H groups in total. The van der Waals surface area contributed by atoms with Gasteiger partial charge in [-0.25, -0.2) is 4.79 Å². The van der Waals surface area contributed by atoms with Gasteiger partial charge in [-0.15, -0.1) is 0 Å². The van der Waals surface area contributed by atoms with Gasteiger partial charge in [0.2, 0.25) is 5.91 Å².